The molecule has 3 amide bonds. The molecule has 4 rings (SSSR count). The van der Waals surface area contributed by atoms with Gasteiger partial charge in [0, 0.05) is 23.7 Å². The molecule has 0 radical (unpaired) electrons. The number of carbonyl (C=O) groups excluding carboxylic acids is 3. The number of halogens is 1. The number of imide groups is 1. The standard InChI is InChI=1S/C23H21ClN2O4S/c1-2-30-19-8-7-18(24)11-17(19)12-20-22(28)26(23(29)31-20)14-21(27)25-10-9-15-5-3-4-6-16(15)13-25/h3-8,11-12H,2,9-10,13-14H2,1H3/b20-12+. The fourth-order valence-corrected chi connectivity index (χ4v) is 4.65. The topological polar surface area (TPSA) is 66.9 Å². The van der Waals surface area contributed by atoms with E-state index >= 15 is 0 Å². The third-order valence-corrected chi connectivity index (χ3v) is 6.35. The minimum atomic E-state index is -0.483. The summed E-state index contributed by atoms with van der Waals surface area (Å²) in [6, 6.07) is 13.1. The number of hydrogen-bond donors (Lipinski definition) is 0. The predicted molar refractivity (Wildman–Crippen MR) is 121 cm³/mol. The molecule has 2 aromatic rings. The second-order valence-electron chi connectivity index (χ2n) is 7.22. The number of amides is 3. The quantitative estimate of drug-likeness (QED) is 0.625. The van der Waals surface area contributed by atoms with E-state index < -0.39 is 11.1 Å². The second kappa shape index (κ2) is 9.16. The lowest BCUT2D eigenvalue weighted by Crippen LogP contribution is -2.44. The van der Waals surface area contributed by atoms with Crippen LogP contribution in [-0.4, -0.2) is 46.5 Å². The zero-order chi connectivity index (χ0) is 22.0. The molecule has 0 aromatic heterocycles. The molecule has 8 heteroatoms. The number of benzene rings is 2. The van der Waals surface area contributed by atoms with E-state index in [1.165, 1.54) is 5.56 Å². The summed E-state index contributed by atoms with van der Waals surface area (Å²) in [4.78, 5) is 41.1. The Morgan fingerprint density at radius 3 is 2.74 bits per heavy atom. The lowest BCUT2D eigenvalue weighted by atomic mass is 10.00. The number of fused-ring (bicyclic) bond motifs is 1. The number of thioether (sulfide) groups is 1. The highest BCUT2D eigenvalue weighted by atomic mass is 35.5. The summed E-state index contributed by atoms with van der Waals surface area (Å²) in [5, 5.41) is 0.0384. The molecular weight excluding hydrogens is 436 g/mol. The monoisotopic (exact) mass is 456 g/mol. The van der Waals surface area contributed by atoms with Crippen LogP contribution in [0, 0.1) is 0 Å². The van der Waals surface area contributed by atoms with E-state index in [0.717, 1.165) is 28.6 Å². The Hall–Kier alpha value is -2.77. The van der Waals surface area contributed by atoms with Gasteiger partial charge in [-0.15, -0.1) is 0 Å². The zero-order valence-electron chi connectivity index (χ0n) is 17.0. The van der Waals surface area contributed by atoms with Gasteiger partial charge in [-0.2, -0.15) is 0 Å². The molecule has 2 aliphatic rings. The lowest BCUT2D eigenvalue weighted by molar-refractivity contribution is -0.136. The molecule has 1 saturated heterocycles. The van der Waals surface area contributed by atoms with Gasteiger partial charge in [-0.1, -0.05) is 35.9 Å². The van der Waals surface area contributed by atoms with Crippen LogP contribution in [0.25, 0.3) is 6.08 Å². The van der Waals surface area contributed by atoms with E-state index in [4.69, 9.17) is 16.3 Å². The Kier molecular flexibility index (Phi) is 6.34. The first-order valence-electron chi connectivity index (χ1n) is 9.98. The van der Waals surface area contributed by atoms with Gasteiger partial charge in [0.25, 0.3) is 11.1 Å². The van der Waals surface area contributed by atoms with E-state index in [2.05, 4.69) is 6.07 Å². The maximum Gasteiger partial charge on any atom is 0.294 e. The van der Waals surface area contributed by atoms with Gasteiger partial charge in [-0.05, 0) is 60.5 Å². The van der Waals surface area contributed by atoms with E-state index in [-0.39, 0.29) is 17.4 Å². The van der Waals surface area contributed by atoms with Gasteiger partial charge in [-0.25, -0.2) is 0 Å². The summed E-state index contributed by atoms with van der Waals surface area (Å²) in [6.45, 7) is 3.11. The van der Waals surface area contributed by atoms with Crippen LogP contribution in [0.1, 0.15) is 23.6 Å². The van der Waals surface area contributed by atoms with Gasteiger partial charge in [0.2, 0.25) is 5.91 Å². The van der Waals surface area contributed by atoms with Crippen molar-refractivity contribution >= 4 is 46.5 Å². The highest BCUT2D eigenvalue weighted by molar-refractivity contribution is 8.18. The SMILES string of the molecule is CCOc1ccc(Cl)cc1/C=C1/SC(=O)N(CC(=O)N2CCc3ccccc3C2)C1=O. The smallest absolute Gasteiger partial charge is 0.294 e. The third kappa shape index (κ3) is 4.62. The minimum Gasteiger partial charge on any atom is -0.493 e. The Morgan fingerprint density at radius 2 is 1.97 bits per heavy atom. The molecule has 31 heavy (non-hydrogen) atoms. The minimum absolute atomic E-state index is 0.240. The summed E-state index contributed by atoms with van der Waals surface area (Å²) in [5.74, 6) is -0.152. The van der Waals surface area contributed by atoms with Gasteiger partial charge in [0.15, 0.2) is 0 Å². The Labute approximate surface area is 189 Å². The maximum atomic E-state index is 12.9. The summed E-state index contributed by atoms with van der Waals surface area (Å²) in [7, 11) is 0. The van der Waals surface area contributed by atoms with Crippen LogP contribution < -0.4 is 4.74 Å². The molecule has 0 N–H and O–H groups in total. The van der Waals surface area contributed by atoms with Gasteiger partial charge in [0.1, 0.15) is 12.3 Å². The molecule has 2 aliphatic heterocycles. The van der Waals surface area contributed by atoms with Crippen molar-refractivity contribution in [1.82, 2.24) is 9.80 Å². The Morgan fingerprint density at radius 1 is 1.19 bits per heavy atom. The van der Waals surface area contributed by atoms with Crippen LogP contribution in [0.5, 0.6) is 5.75 Å². The van der Waals surface area contributed by atoms with Gasteiger partial charge in [0.05, 0.1) is 11.5 Å². The zero-order valence-corrected chi connectivity index (χ0v) is 18.5. The van der Waals surface area contributed by atoms with Crippen LogP contribution in [0.2, 0.25) is 5.02 Å². The summed E-state index contributed by atoms with van der Waals surface area (Å²) < 4.78 is 5.58. The molecule has 0 atom stereocenters. The van der Waals surface area contributed by atoms with E-state index in [1.807, 2.05) is 25.1 Å². The fraction of sp³-hybridized carbons (Fsp3) is 0.261. The van der Waals surface area contributed by atoms with E-state index in [1.54, 1.807) is 29.2 Å². The molecule has 1 fully saturated rings. The first kappa shape index (κ1) is 21.5. The van der Waals surface area contributed by atoms with Crippen LogP contribution >= 0.6 is 23.4 Å². The van der Waals surface area contributed by atoms with Crippen molar-refractivity contribution in [3.05, 3.63) is 69.1 Å². The van der Waals surface area contributed by atoms with Crippen LogP contribution in [0.15, 0.2) is 47.4 Å². The highest BCUT2D eigenvalue weighted by Crippen LogP contribution is 2.35. The Bertz CT molecular complexity index is 1080. The largest absolute Gasteiger partial charge is 0.493 e. The molecule has 0 saturated carbocycles. The molecule has 0 unspecified atom stereocenters. The molecule has 0 spiro atoms. The number of rotatable bonds is 5. The molecule has 2 heterocycles. The summed E-state index contributed by atoms with van der Waals surface area (Å²) >= 11 is 6.90. The Balaban J connectivity index is 1.49. The van der Waals surface area contributed by atoms with Crippen molar-refractivity contribution in [3.8, 4) is 5.75 Å². The molecule has 6 nitrogen and oxygen atoms in total. The summed E-state index contributed by atoms with van der Waals surface area (Å²) in [5.41, 5.74) is 2.94. The second-order valence-corrected chi connectivity index (χ2v) is 8.65. The van der Waals surface area contributed by atoms with Crippen molar-refractivity contribution < 1.29 is 19.1 Å². The third-order valence-electron chi connectivity index (χ3n) is 5.21. The molecule has 0 bridgehead atoms. The van der Waals surface area contributed by atoms with E-state index in [0.29, 0.717) is 36.0 Å². The highest BCUT2D eigenvalue weighted by Gasteiger charge is 2.37. The lowest BCUT2D eigenvalue weighted by Gasteiger charge is -2.29. The van der Waals surface area contributed by atoms with Crippen molar-refractivity contribution in [2.45, 2.75) is 19.9 Å². The maximum absolute atomic E-state index is 12.9. The van der Waals surface area contributed by atoms with Crippen molar-refractivity contribution in [2.75, 3.05) is 19.7 Å². The molecular formula is C23H21ClN2O4S. The van der Waals surface area contributed by atoms with Crippen molar-refractivity contribution in [1.29, 1.82) is 0 Å². The average molecular weight is 457 g/mol. The predicted octanol–water partition coefficient (Wildman–Crippen LogP) is 4.36. The van der Waals surface area contributed by atoms with Crippen LogP contribution in [-0.2, 0) is 22.6 Å². The average Bonchev–Trinajstić information content (AvgIpc) is 3.02. The van der Waals surface area contributed by atoms with Crippen molar-refractivity contribution in [3.63, 3.8) is 0 Å². The fourth-order valence-electron chi connectivity index (χ4n) is 3.64. The van der Waals surface area contributed by atoms with Crippen LogP contribution in [0.4, 0.5) is 4.79 Å². The van der Waals surface area contributed by atoms with Crippen molar-refractivity contribution in [2.24, 2.45) is 0 Å². The number of hydrogen-bond acceptors (Lipinski definition) is 5. The molecule has 0 aliphatic carbocycles. The van der Waals surface area contributed by atoms with Gasteiger partial charge in [-0.3, -0.25) is 19.3 Å². The molecule has 160 valence electrons. The normalized spacial score (nSPS) is 17.3. The van der Waals surface area contributed by atoms with E-state index in [9.17, 15) is 14.4 Å². The summed E-state index contributed by atoms with van der Waals surface area (Å²) in [6.07, 6.45) is 2.35. The number of ether oxygens (including phenoxy) is 1. The first-order valence-corrected chi connectivity index (χ1v) is 11.2. The van der Waals surface area contributed by atoms with Gasteiger partial charge < -0.3 is 9.64 Å². The number of nitrogens with zero attached hydrogens (tertiary/aromatic N) is 2. The van der Waals surface area contributed by atoms with Gasteiger partial charge >= 0.3 is 0 Å². The number of carbonyl (C=O) groups is 3. The molecule has 2 aromatic carbocycles. The first-order chi connectivity index (χ1) is 15.0. The van der Waals surface area contributed by atoms with Crippen LogP contribution in [0.3, 0.4) is 0 Å².